The zero-order valence-corrected chi connectivity index (χ0v) is 12.0. The minimum absolute atomic E-state index is 0.344. The lowest BCUT2D eigenvalue weighted by atomic mass is 10.0. The van der Waals surface area contributed by atoms with Crippen molar-refractivity contribution in [2.45, 2.75) is 13.2 Å². The summed E-state index contributed by atoms with van der Waals surface area (Å²) in [5, 5.41) is 11.0. The van der Waals surface area contributed by atoms with E-state index in [2.05, 4.69) is 29.1 Å². The average Bonchev–Trinajstić information content (AvgIpc) is 2.56. The fraction of sp³-hybridized carbons (Fsp3) is 0.111. The topological polar surface area (TPSA) is 35.9 Å². The third-order valence-corrected chi connectivity index (χ3v) is 3.55. The Kier molecular flexibility index (Phi) is 3.76. The molecular formula is C18H14N4+2. The van der Waals surface area contributed by atoms with Gasteiger partial charge < -0.3 is 0 Å². The van der Waals surface area contributed by atoms with Crippen molar-refractivity contribution >= 4 is 10.8 Å². The molecule has 2 heterocycles. The zero-order chi connectivity index (χ0) is 15.4. The molecule has 2 aromatic heterocycles. The van der Waals surface area contributed by atoms with Gasteiger partial charge in [0.1, 0.15) is 6.07 Å². The van der Waals surface area contributed by atoms with Crippen LogP contribution < -0.4 is 9.13 Å². The normalized spacial score (nSPS) is 10.1. The Morgan fingerprint density at radius 3 is 2.45 bits per heavy atom. The van der Waals surface area contributed by atoms with Crippen molar-refractivity contribution in [1.82, 2.24) is 0 Å². The van der Waals surface area contributed by atoms with Crippen molar-refractivity contribution < 1.29 is 9.13 Å². The van der Waals surface area contributed by atoms with Crippen LogP contribution in [-0.4, -0.2) is 0 Å². The minimum atomic E-state index is 0.344. The standard InChI is InChI=1S/C18H14N4/c1-20-14-22-9-4-15(5-10-22)16-2-3-18-13-21(11-7-19)8-6-17(18)12-16/h2-6,8-10,12-13H,11,14H2/q+2. The highest BCUT2D eigenvalue weighted by Crippen LogP contribution is 2.22. The lowest BCUT2D eigenvalue weighted by Crippen LogP contribution is -2.31. The Hall–Kier alpha value is -3.24. The summed E-state index contributed by atoms with van der Waals surface area (Å²) in [5.74, 6) is 0. The number of aromatic nitrogens is 2. The van der Waals surface area contributed by atoms with Gasteiger partial charge in [0.05, 0.1) is 0 Å². The van der Waals surface area contributed by atoms with Gasteiger partial charge in [-0.1, -0.05) is 6.07 Å². The van der Waals surface area contributed by atoms with Gasteiger partial charge in [-0.3, -0.25) is 0 Å². The summed E-state index contributed by atoms with van der Waals surface area (Å²) in [5.41, 5.74) is 2.26. The molecule has 0 aliphatic heterocycles. The molecule has 104 valence electrons. The first-order valence-electron chi connectivity index (χ1n) is 6.92. The predicted octanol–water partition coefficient (Wildman–Crippen LogP) is 2.48. The van der Waals surface area contributed by atoms with Crippen LogP contribution in [0.2, 0.25) is 0 Å². The van der Waals surface area contributed by atoms with Crippen molar-refractivity contribution in [3.8, 4) is 17.2 Å². The van der Waals surface area contributed by atoms with Crippen molar-refractivity contribution in [3.63, 3.8) is 0 Å². The molecule has 4 nitrogen and oxygen atoms in total. The Morgan fingerprint density at radius 1 is 0.955 bits per heavy atom. The quantitative estimate of drug-likeness (QED) is 0.538. The number of benzene rings is 1. The second-order valence-corrected chi connectivity index (χ2v) is 5.02. The molecule has 0 bridgehead atoms. The molecule has 0 radical (unpaired) electrons. The third-order valence-electron chi connectivity index (χ3n) is 3.55. The number of nitriles is 1. The number of pyridine rings is 2. The van der Waals surface area contributed by atoms with Crippen molar-refractivity contribution in [2.75, 3.05) is 0 Å². The number of nitrogens with zero attached hydrogens (tertiary/aromatic N) is 4. The summed E-state index contributed by atoms with van der Waals surface area (Å²) >= 11 is 0. The number of hydrogen-bond donors (Lipinski definition) is 0. The van der Waals surface area contributed by atoms with Gasteiger partial charge >= 0.3 is 6.67 Å². The van der Waals surface area contributed by atoms with E-state index in [0.717, 1.165) is 21.9 Å². The first kappa shape index (κ1) is 13.7. The van der Waals surface area contributed by atoms with Crippen LogP contribution in [0.15, 0.2) is 61.2 Å². The summed E-state index contributed by atoms with van der Waals surface area (Å²) in [6.45, 7) is 7.58. The lowest BCUT2D eigenvalue weighted by Gasteiger charge is -2.02. The smallest absolute Gasteiger partial charge is 0.249 e. The zero-order valence-electron chi connectivity index (χ0n) is 12.0. The lowest BCUT2D eigenvalue weighted by molar-refractivity contribution is -0.687. The van der Waals surface area contributed by atoms with Crippen LogP contribution in [0.4, 0.5) is 0 Å². The maximum atomic E-state index is 8.75. The number of rotatable bonds is 3. The second-order valence-electron chi connectivity index (χ2n) is 5.02. The van der Waals surface area contributed by atoms with Crippen molar-refractivity contribution in [2.24, 2.45) is 0 Å². The number of hydrogen-bond acceptors (Lipinski definition) is 1. The SMILES string of the molecule is [C-]#[N+]C[n+]1ccc(-c2ccc3c[n+](CC#N)ccc3c2)cc1. The maximum Gasteiger partial charge on any atom is 0.406 e. The molecule has 0 atom stereocenters. The highest BCUT2D eigenvalue weighted by atomic mass is 15.0. The Labute approximate surface area is 128 Å². The van der Waals surface area contributed by atoms with Crippen LogP contribution in [-0.2, 0) is 13.2 Å². The van der Waals surface area contributed by atoms with Crippen molar-refractivity contribution in [3.05, 3.63) is 72.6 Å². The van der Waals surface area contributed by atoms with Gasteiger partial charge in [-0.05, 0) is 28.6 Å². The molecule has 0 spiro atoms. The Bertz CT molecular complexity index is 899. The van der Waals surface area contributed by atoms with E-state index >= 15 is 0 Å². The first-order valence-corrected chi connectivity index (χ1v) is 6.92. The summed E-state index contributed by atoms with van der Waals surface area (Å²) in [4.78, 5) is 3.36. The van der Waals surface area contributed by atoms with Crippen molar-refractivity contribution in [1.29, 1.82) is 5.26 Å². The summed E-state index contributed by atoms with van der Waals surface area (Å²) in [6, 6.07) is 14.5. The van der Waals surface area contributed by atoms with Gasteiger partial charge in [0.25, 0.3) is 0 Å². The molecule has 22 heavy (non-hydrogen) atoms. The van der Waals surface area contributed by atoms with Gasteiger partial charge in [0, 0.05) is 23.6 Å². The van der Waals surface area contributed by atoms with E-state index in [1.54, 1.807) is 0 Å². The molecule has 3 aromatic rings. The van der Waals surface area contributed by atoms with E-state index in [4.69, 9.17) is 11.8 Å². The maximum absolute atomic E-state index is 8.75. The highest BCUT2D eigenvalue weighted by Gasteiger charge is 2.07. The van der Waals surface area contributed by atoms with Crippen LogP contribution in [0.5, 0.6) is 0 Å². The summed E-state index contributed by atoms with van der Waals surface area (Å²) in [7, 11) is 0. The van der Waals surface area contributed by atoms with Crippen LogP contribution in [0.1, 0.15) is 0 Å². The van der Waals surface area contributed by atoms with Crippen LogP contribution in [0.3, 0.4) is 0 Å². The molecule has 0 saturated carbocycles. The van der Waals surface area contributed by atoms with Crippen LogP contribution in [0.25, 0.3) is 26.7 Å². The molecule has 0 aliphatic rings. The molecule has 0 fully saturated rings. The Balaban J connectivity index is 1.96. The molecule has 0 N–H and O–H groups in total. The van der Waals surface area contributed by atoms with E-state index in [1.807, 2.05) is 52.1 Å². The molecule has 0 amide bonds. The largest absolute Gasteiger partial charge is 0.406 e. The van der Waals surface area contributed by atoms with E-state index in [9.17, 15) is 0 Å². The monoisotopic (exact) mass is 286 g/mol. The summed E-state index contributed by atoms with van der Waals surface area (Å²) in [6.07, 6.45) is 7.74. The number of fused-ring (bicyclic) bond motifs is 1. The molecule has 0 saturated heterocycles. The van der Waals surface area contributed by atoms with E-state index < -0.39 is 0 Å². The fourth-order valence-electron chi connectivity index (χ4n) is 2.42. The first-order chi connectivity index (χ1) is 10.8. The molecule has 0 unspecified atom stereocenters. The second kappa shape index (κ2) is 6.03. The van der Waals surface area contributed by atoms with Gasteiger partial charge in [0.15, 0.2) is 24.8 Å². The fourth-order valence-corrected chi connectivity index (χ4v) is 2.42. The van der Waals surface area contributed by atoms with Gasteiger partial charge in [-0.25, -0.2) is 11.4 Å². The van der Waals surface area contributed by atoms with E-state index in [0.29, 0.717) is 13.2 Å². The minimum Gasteiger partial charge on any atom is -0.249 e. The molecule has 1 aromatic carbocycles. The van der Waals surface area contributed by atoms with E-state index in [-0.39, 0.29) is 0 Å². The van der Waals surface area contributed by atoms with E-state index in [1.165, 1.54) is 0 Å². The van der Waals surface area contributed by atoms with Gasteiger partial charge in [-0.2, -0.15) is 9.83 Å². The average molecular weight is 286 g/mol. The Morgan fingerprint density at radius 2 is 1.73 bits per heavy atom. The predicted molar refractivity (Wildman–Crippen MR) is 82.0 cm³/mol. The molecule has 3 rings (SSSR count). The molecule has 4 heteroatoms. The van der Waals surface area contributed by atoms with Crippen LogP contribution >= 0.6 is 0 Å². The highest BCUT2D eigenvalue weighted by molar-refractivity contribution is 5.85. The van der Waals surface area contributed by atoms with Gasteiger partial charge in [0.2, 0.25) is 6.54 Å². The summed E-state index contributed by atoms with van der Waals surface area (Å²) < 4.78 is 3.72. The molecular weight excluding hydrogens is 272 g/mol. The van der Waals surface area contributed by atoms with Crippen LogP contribution in [0, 0.1) is 17.9 Å². The van der Waals surface area contributed by atoms with Gasteiger partial charge in [-0.15, -0.1) is 4.57 Å². The third kappa shape index (κ3) is 2.77. The molecule has 0 aliphatic carbocycles.